The quantitative estimate of drug-likeness (QED) is 0.823. The lowest BCUT2D eigenvalue weighted by atomic mass is 9.79. The number of hydrogen-bond acceptors (Lipinski definition) is 2. The first kappa shape index (κ1) is 10.5. The average molecular weight is 205 g/mol. The van der Waals surface area contributed by atoms with Crippen LogP contribution in [0.2, 0.25) is 0 Å². The van der Waals surface area contributed by atoms with Gasteiger partial charge >= 0.3 is 0 Å². The minimum absolute atomic E-state index is 0.243. The maximum Gasteiger partial charge on any atom is 0.126 e. The van der Waals surface area contributed by atoms with Crippen molar-refractivity contribution in [1.29, 1.82) is 0 Å². The van der Waals surface area contributed by atoms with Gasteiger partial charge in [0.15, 0.2) is 0 Å². The number of nitrogens with two attached hydrogens (primary N) is 1. The van der Waals surface area contributed by atoms with Crippen molar-refractivity contribution >= 4 is 6.08 Å². The summed E-state index contributed by atoms with van der Waals surface area (Å²) < 4.78 is 5.34. The maximum absolute atomic E-state index is 5.93. The molecule has 1 heterocycles. The summed E-state index contributed by atoms with van der Waals surface area (Å²) in [4.78, 5) is 0. The Balaban J connectivity index is 2.21. The zero-order valence-electron chi connectivity index (χ0n) is 9.33. The lowest BCUT2D eigenvalue weighted by Crippen LogP contribution is -2.28. The molecule has 2 rings (SSSR count). The molecule has 0 saturated heterocycles. The maximum atomic E-state index is 5.93. The summed E-state index contributed by atoms with van der Waals surface area (Å²) in [6.45, 7) is 2.94. The molecular weight excluding hydrogens is 186 g/mol. The van der Waals surface area contributed by atoms with E-state index < -0.39 is 0 Å². The Hall–Kier alpha value is -1.02. The molecule has 0 atom stereocenters. The second kappa shape index (κ2) is 4.23. The minimum atomic E-state index is 0.243. The van der Waals surface area contributed by atoms with Crippen LogP contribution in [0.15, 0.2) is 28.4 Å². The molecule has 0 amide bonds. The molecule has 1 aromatic rings. The first-order chi connectivity index (χ1) is 7.27. The van der Waals surface area contributed by atoms with Crippen molar-refractivity contribution < 1.29 is 4.42 Å². The van der Waals surface area contributed by atoms with Crippen LogP contribution in [-0.4, -0.2) is 6.54 Å². The molecule has 2 heteroatoms. The highest BCUT2D eigenvalue weighted by atomic mass is 16.3. The molecule has 1 aliphatic rings. The van der Waals surface area contributed by atoms with Crippen molar-refractivity contribution in [1.82, 2.24) is 0 Å². The van der Waals surface area contributed by atoms with Gasteiger partial charge in [-0.3, -0.25) is 0 Å². The molecule has 0 aromatic carbocycles. The monoisotopic (exact) mass is 205 g/mol. The minimum Gasteiger partial charge on any atom is -0.465 e. The summed E-state index contributed by atoms with van der Waals surface area (Å²) in [5.41, 5.74) is 7.54. The highest BCUT2D eigenvalue weighted by Crippen LogP contribution is 2.43. The Morgan fingerprint density at radius 1 is 1.53 bits per heavy atom. The summed E-state index contributed by atoms with van der Waals surface area (Å²) >= 11 is 0. The third-order valence-corrected chi connectivity index (χ3v) is 3.69. The smallest absolute Gasteiger partial charge is 0.126 e. The Morgan fingerprint density at radius 2 is 2.27 bits per heavy atom. The molecule has 0 radical (unpaired) electrons. The van der Waals surface area contributed by atoms with E-state index in [1.165, 1.54) is 31.3 Å². The largest absolute Gasteiger partial charge is 0.465 e. The number of rotatable bonds is 3. The van der Waals surface area contributed by atoms with Crippen LogP contribution in [0.3, 0.4) is 0 Å². The van der Waals surface area contributed by atoms with E-state index in [4.69, 9.17) is 10.2 Å². The van der Waals surface area contributed by atoms with Crippen molar-refractivity contribution in [3.63, 3.8) is 0 Å². The van der Waals surface area contributed by atoms with Crippen LogP contribution in [0.25, 0.3) is 6.08 Å². The summed E-state index contributed by atoms with van der Waals surface area (Å²) in [6, 6.07) is 3.91. The molecule has 2 N–H and O–H groups in total. The molecule has 0 unspecified atom stereocenters. The lowest BCUT2D eigenvalue weighted by molar-refractivity contribution is 0.382. The number of hydrogen-bond donors (Lipinski definition) is 1. The molecule has 0 bridgehead atoms. The van der Waals surface area contributed by atoms with Crippen molar-refractivity contribution in [2.24, 2.45) is 11.1 Å². The van der Waals surface area contributed by atoms with E-state index in [0.717, 1.165) is 12.3 Å². The van der Waals surface area contributed by atoms with Crippen molar-refractivity contribution in [2.45, 2.75) is 32.6 Å². The van der Waals surface area contributed by atoms with E-state index in [1.807, 2.05) is 12.1 Å². The molecule has 2 nitrogen and oxygen atoms in total. The topological polar surface area (TPSA) is 39.2 Å². The van der Waals surface area contributed by atoms with Crippen LogP contribution in [0.5, 0.6) is 0 Å². The second-order valence-corrected chi connectivity index (χ2v) is 4.53. The van der Waals surface area contributed by atoms with Crippen LogP contribution < -0.4 is 5.73 Å². The van der Waals surface area contributed by atoms with Gasteiger partial charge in [0.1, 0.15) is 5.76 Å². The summed E-state index contributed by atoms with van der Waals surface area (Å²) in [7, 11) is 0. The van der Waals surface area contributed by atoms with Gasteiger partial charge in [0.2, 0.25) is 0 Å². The van der Waals surface area contributed by atoms with Crippen LogP contribution in [0, 0.1) is 5.41 Å². The van der Waals surface area contributed by atoms with Crippen LogP contribution in [0.4, 0.5) is 0 Å². The fourth-order valence-corrected chi connectivity index (χ4v) is 2.55. The molecule has 0 spiro atoms. The highest BCUT2D eigenvalue weighted by Gasteiger charge is 2.33. The lowest BCUT2D eigenvalue weighted by Gasteiger charge is -2.28. The van der Waals surface area contributed by atoms with Crippen molar-refractivity contribution in [3.05, 3.63) is 29.7 Å². The first-order valence-corrected chi connectivity index (χ1v) is 5.69. The normalized spacial score (nSPS) is 20.8. The van der Waals surface area contributed by atoms with Gasteiger partial charge in [-0.25, -0.2) is 0 Å². The van der Waals surface area contributed by atoms with E-state index in [0.29, 0.717) is 0 Å². The highest BCUT2D eigenvalue weighted by molar-refractivity contribution is 5.49. The van der Waals surface area contributed by atoms with Gasteiger partial charge in [-0.15, -0.1) is 0 Å². The molecule has 1 fully saturated rings. The molecule has 82 valence electrons. The van der Waals surface area contributed by atoms with Gasteiger partial charge in [0.05, 0.1) is 6.26 Å². The van der Waals surface area contributed by atoms with Gasteiger partial charge in [-0.2, -0.15) is 0 Å². The van der Waals surface area contributed by atoms with Gasteiger partial charge < -0.3 is 10.2 Å². The van der Waals surface area contributed by atoms with Gasteiger partial charge in [0.25, 0.3) is 0 Å². The Kier molecular flexibility index (Phi) is 2.96. The predicted molar refractivity (Wildman–Crippen MR) is 62.3 cm³/mol. The Bertz CT molecular complexity index is 331. The van der Waals surface area contributed by atoms with E-state index >= 15 is 0 Å². The van der Waals surface area contributed by atoms with E-state index in [2.05, 4.69) is 13.0 Å². The Morgan fingerprint density at radius 3 is 2.80 bits per heavy atom. The van der Waals surface area contributed by atoms with E-state index in [1.54, 1.807) is 6.26 Å². The zero-order chi connectivity index (χ0) is 10.7. The van der Waals surface area contributed by atoms with Crippen LogP contribution in [-0.2, 0) is 0 Å². The zero-order valence-corrected chi connectivity index (χ0v) is 9.33. The molecule has 1 saturated carbocycles. The average Bonchev–Trinajstić information content (AvgIpc) is 2.87. The van der Waals surface area contributed by atoms with Gasteiger partial charge in [-0.05, 0) is 38.0 Å². The predicted octanol–water partition coefficient (Wildman–Crippen LogP) is 3.20. The van der Waals surface area contributed by atoms with Crippen LogP contribution in [0.1, 0.15) is 38.4 Å². The molecule has 15 heavy (non-hydrogen) atoms. The van der Waals surface area contributed by atoms with Crippen molar-refractivity contribution in [2.75, 3.05) is 6.54 Å². The standard InChI is InChI=1S/C13H19NO/c1-11(9-12-5-4-8-15-12)13(10-14)6-2-3-7-13/h4-5,8-9H,2-3,6-7,10,14H2,1H3/b11-9-. The number of furan rings is 1. The second-order valence-electron chi connectivity index (χ2n) is 4.53. The van der Waals surface area contributed by atoms with Gasteiger partial charge in [-0.1, -0.05) is 18.4 Å². The fraction of sp³-hybridized carbons (Fsp3) is 0.538. The SMILES string of the molecule is C/C(=C/c1ccco1)C1(CN)CCCC1. The Labute approximate surface area is 91.2 Å². The summed E-state index contributed by atoms with van der Waals surface area (Å²) in [6.07, 6.45) is 8.92. The molecule has 0 aliphatic heterocycles. The first-order valence-electron chi connectivity index (χ1n) is 5.69. The molecular formula is C13H19NO. The van der Waals surface area contributed by atoms with E-state index in [-0.39, 0.29) is 5.41 Å². The fourth-order valence-electron chi connectivity index (χ4n) is 2.55. The third kappa shape index (κ3) is 2.00. The third-order valence-electron chi connectivity index (χ3n) is 3.69. The van der Waals surface area contributed by atoms with Gasteiger partial charge in [0, 0.05) is 12.0 Å². The molecule has 1 aromatic heterocycles. The molecule has 1 aliphatic carbocycles. The summed E-state index contributed by atoms with van der Waals surface area (Å²) in [5.74, 6) is 0.937. The van der Waals surface area contributed by atoms with Crippen LogP contribution >= 0.6 is 0 Å². The van der Waals surface area contributed by atoms with Crippen molar-refractivity contribution in [3.8, 4) is 0 Å². The van der Waals surface area contributed by atoms with E-state index in [9.17, 15) is 0 Å². The summed E-state index contributed by atoms with van der Waals surface area (Å²) in [5, 5.41) is 0.